The molecule has 1 aromatic carbocycles. The van der Waals surface area contributed by atoms with Crippen LogP contribution >= 0.6 is 0 Å². The van der Waals surface area contributed by atoms with Crippen molar-refractivity contribution in [2.24, 2.45) is 0 Å². The molecule has 0 fully saturated rings. The number of carbonyl (C=O) groups is 1. The molecule has 2 aliphatic rings. The number of hydrogen-bond donors (Lipinski definition) is 0. The van der Waals surface area contributed by atoms with Crippen LogP contribution in [-0.4, -0.2) is 36.1 Å². The lowest BCUT2D eigenvalue weighted by atomic mass is 10.0. The number of anilines is 1. The minimum absolute atomic E-state index is 0.0720. The lowest BCUT2D eigenvalue weighted by Gasteiger charge is -2.32. The number of rotatable bonds is 0. The molecule has 0 bridgehead atoms. The molecule has 1 aromatic rings. The third-order valence-electron chi connectivity index (χ3n) is 3.46. The van der Waals surface area contributed by atoms with Crippen LogP contribution in [0.1, 0.15) is 12.0 Å². The zero-order valence-electron chi connectivity index (χ0n) is 10.5. The SMILES string of the molecule is CN1C=CN(C(=O)N2CCCc3ccccc32)C1. The molecule has 0 N–H and O–H groups in total. The van der Waals surface area contributed by atoms with Gasteiger partial charge in [-0.3, -0.25) is 9.80 Å². The van der Waals surface area contributed by atoms with E-state index in [0.29, 0.717) is 6.67 Å². The van der Waals surface area contributed by atoms with Crippen LogP contribution in [0.3, 0.4) is 0 Å². The fourth-order valence-electron chi connectivity index (χ4n) is 2.54. The molecule has 0 unspecified atom stereocenters. The molecule has 3 rings (SSSR count). The number of urea groups is 1. The van der Waals surface area contributed by atoms with E-state index in [9.17, 15) is 4.79 Å². The molecule has 0 radical (unpaired) electrons. The molecule has 18 heavy (non-hydrogen) atoms. The van der Waals surface area contributed by atoms with E-state index in [0.717, 1.165) is 25.1 Å². The Labute approximate surface area is 107 Å². The van der Waals surface area contributed by atoms with Crippen LogP contribution in [-0.2, 0) is 6.42 Å². The van der Waals surface area contributed by atoms with E-state index in [4.69, 9.17) is 0 Å². The smallest absolute Gasteiger partial charge is 0.330 e. The second-order valence-electron chi connectivity index (χ2n) is 4.83. The van der Waals surface area contributed by atoms with Crippen molar-refractivity contribution in [1.82, 2.24) is 9.80 Å². The minimum Gasteiger partial charge on any atom is -0.361 e. The summed E-state index contributed by atoms with van der Waals surface area (Å²) < 4.78 is 0. The highest BCUT2D eigenvalue weighted by molar-refractivity contribution is 5.94. The van der Waals surface area contributed by atoms with Crippen molar-refractivity contribution in [3.63, 3.8) is 0 Å². The van der Waals surface area contributed by atoms with Gasteiger partial charge in [-0.15, -0.1) is 0 Å². The van der Waals surface area contributed by atoms with Crippen molar-refractivity contribution < 1.29 is 4.79 Å². The second kappa shape index (κ2) is 4.37. The minimum atomic E-state index is 0.0720. The first-order chi connectivity index (χ1) is 8.75. The Morgan fingerprint density at radius 3 is 2.83 bits per heavy atom. The number of benzene rings is 1. The molecule has 0 spiro atoms. The molecule has 2 heterocycles. The van der Waals surface area contributed by atoms with Gasteiger partial charge in [0.1, 0.15) is 0 Å². The van der Waals surface area contributed by atoms with E-state index in [2.05, 4.69) is 6.07 Å². The highest BCUT2D eigenvalue weighted by Crippen LogP contribution is 2.28. The average molecular weight is 243 g/mol. The summed E-state index contributed by atoms with van der Waals surface area (Å²) in [5.41, 5.74) is 2.34. The highest BCUT2D eigenvalue weighted by Gasteiger charge is 2.27. The maximum absolute atomic E-state index is 12.5. The summed E-state index contributed by atoms with van der Waals surface area (Å²) in [6.07, 6.45) is 5.87. The predicted molar refractivity (Wildman–Crippen MR) is 71.1 cm³/mol. The van der Waals surface area contributed by atoms with Crippen LogP contribution in [0.2, 0.25) is 0 Å². The fourth-order valence-corrected chi connectivity index (χ4v) is 2.54. The van der Waals surface area contributed by atoms with Gasteiger partial charge >= 0.3 is 6.03 Å². The first-order valence-electron chi connectivity index (χ1n) is 6.30. The second-order valence-corrected chi connectivity index (χ2v) is 4.83. The maximum Gasteiger partial charge on any atom is 0.330 e. The first kappa shape index (κ1) is 11.1. The van der Waals surface area contributed by atoms with Gasteiger partial charge in [0.2, 0.25) is 0 Å². The van der Waals surface area contributed by atoms with Gasteiger partial charge in [-0.05, 0) is 24.5 Å². The van der Waals surface area contributed by atoms with Crippen molar-refractivity contribution in [2.45, 2.75) is 12.8 Å². The Morgan fingerprint density at radius 2 is 2.06 bits per heavy atom. The Hall–Kier alpha value is -1.97. The average Bonchev–Trinajstić information content (AvgIpc) is 2.84. The molecule has 2 aliphatic heterocycles. The molecule has 0 saturated carbocycles. The molecule has 4 nitrogen and oxygen atoms in total. The van der Waals surface area contributed by atoms with Gasteiger partial charge in [0.15, 0.2) is 0 Å². The summed E-state index contributed by atoms with van der Waals surface area (Å²) in [4.78, 5) is 18.1. The van der Waals surface area contributed by atoms with Gasteiger partial charge in [-0.1, -0.05) is 18.2 Å². The molecule has 4 heteroatoms. The zero-order valence-corrected chi connectivity index (χ0v) is 10.5. The van der Waals surface area contributed by atoms with E-state index in [-0.39, 0.29) is 6.03 Å². The van der Waals surface area contributed by atoms with Crippen molar-refractivity contribution in [3.05, 3.63) is 42.2 Å². The summed E-state index contributed by atoms with van der Waals surface area (Å²) in [5.74, 6) is 0. The van der Waals surface area contributed by atoms with Crippen LogP contribution in [0, 0.1) is 0 Å². The lowest BCUT2D eigenvalue weighted by Crippen LogP contribution is -2.43. The van der Waals surface area contributed by atoms with Crippen molar-refractivity contribution in [1.29, 1.82) is 0 Å². The standard InChI is InChI=1S/C14H17N3O/c1-15-9-10-16(11-15)14(18)17-8-4-6-12-5-2-3-7-13(12)17/h2-3,5,7,9-10H,4,6,8,11H2,1H3. The van der Waals surface area contributed by atoms with Crippen LogP contribution < -0.4 is 4.90 Å². The monoisotopic (exact) mass is 243 g/mol. The van der Waals surface area contributed by atoms with E-state index in [1.54, 1.807) is 4.90 Å². The Kier molecular flexibility index (Phi) is 2.70. The highest BCUT2D eigenvalue weighted by atomic mass is 16.2. The summed E-state index contributed by atoms with van der Waals surface area (Å²) in [6.45, 7) is 1.45. The quantitative estimate of drug-likeness (QED) is 0.698. The zero-order chi connectivity index (χ0) is 12.5. The van der Waals surface area contributed by atoms with Gasteiger partial charge in [0, 0.05) is 31.7 Å². The fraction of sp³-hybridized carbons (Fsp3) is 0.357. The number of fused-ring (bicyclic) bond motifs is 1. The lowest BCUT2D eigenvalue weighted by molar-refractivity contribution is 0.213. The van der Waals surface area contributed by atoms with E-state index in [1.807, 2.05) is 47.4 Å². The van der Waals surface area contributed by atoms with Crippen LogP contribution in [0.25, 0.3) is 0 Å². The van der Waals surface area contributed by atoms with Crippen LogP contribution in [0.15, 0.2) is 36.7 Å². The molecular formula is C14H17N3O. The maximum atomic E-state index is 12.5. The number of hydrogen-bond acceptors (Lipinski definition) is 2. The van der Waals surface area contributed by atoms with Gasteiger partial charge in [0.05, 0.1) is 6.67 Å². The van der Waals surface area contributed by atoms with E-state index >= 15 is 0 Å². The predicted octanol–water partition coefficient (Wildman–Crippen LogP) is 2.24. The number of amides is 2. The molecule has 0 aromatic heterocycles. The Morgan fingerprint density at radius 1 is 1.22 bits per heavy atom. The topological polar surface area (TPSA) is 26.8 Å². The number of aryl methyl sites for hydroxylation is 1. The summed E-state index contributed by atoms with van der Waals surface area (Å²) >= 11 is 0. The van der Waals surface area contributed by atoms with Gasteiger partial charge < -0.3 is 4.90 Å². The van der Waals surface area contributed by atoms with E-state index in [1.165, 1.54) is 5.56 Å². The van der Waals surface area contributed by atoms with Crippen LogP contribution in [0.5, 0.6) is 0 Å². The van der Waals surface area contributed by atoms with E-state index < -0.39 is 0 Å². The third-order valence-corrected chi connectivity index (χ3v) is 3.46. The molecule has 2 amide bonds. The van der Waals surface area contributed by atoms with Gasteiger partial charge in [0.25, 0.3) is 0 Å². The molecule has 94 valence electrons. The summed E-state index contributed by atoms with van der Waals surface area (Å²) in [6, 6.07) is 8.26. The first-order valence-corrected chi connectivity index (χ1v) is 6.30. The number of para-hydroxylation sites is 1. The Balaban J connectivity index is 1.86. The normalized spacial score (nSPS) is 18.2. The largest absolute Gasteiger partial charge is 0.361 e. The number of carbonyl (C=O) groups excluding carboxylic acids is 1. The summed E-state index contributed by atoms with van der Waals surface area (Å²) in [5, 5.41) is 0. The molecular weight excluding hydrogens is 226 g/mol. The van der Waals surface area contributed by atoms with Crippen molar-refractivity contribution >= 4 is 11.7 Å². The Bertz CT molecular complexity index is 498. The van der Waals surface area contributed by atoms with Crippen molar-refractivity contribution in [3.8, 4) is 0 Å². The molecule has 0 atom stereocenters. The molecule has 0 aliphatic carbocycles. The third kappa shape index (κ3) is 1.83. The van der Waals surface area contributed by atoms with Gasteiger partial charge in [-0.25, -0.2) is 4.79 Å². The van der Waals surface area contributed by atoms with Crippen molar-refractivity contribution in [2.75, 3.05) is 25.2 Å². The van der Waals surface area contributed by atoms with Crippen LogP contribution in [0.4, 0.5) is 10.5 Å². The van der Waals surface area contributed by atoms with Gasteiger partial charge in [-0.2, -0.15) is 0 Å². The number of nitrogens with zero attached hydrogens (tertiary/aromatic N) is 3. The molecule has 0 saturated heterocycles. The summed E-state index contributed by atoms with van der Waals surface area (Å²) in [7, 11) is 1.97.